The molecule has 0 aromatic heterocycles. The number of Topliss-reactive ketones (excluding diaryl/α,β-unsaturated/α-hetero) is 1. The van der Waals surface area contributed by atoms with Gasteiger partial charge in [-0.3, -0.25) is 4.79 Å². The van der Waals surface area contributed by atoms with E-state index in [1.54, 1.807) is 30.3 Å². The second-order valence-corrected chi connectivity index (χ2v) is 4.88. The lowest BCUT2D eigenvalue weighted by atomic mass is 10.1. The van der Waals surface area contributed by atoms with Crippen molar-refractivity contribution in [2.24, 2.45) is 0 Å². The molecule has 0 fully saturated rings. The Hall–Kier alpha value is -2.53. The molecule has 114 valence electrons. The van der Waals surface area contributed by atoms with Crippen LogP contribution in [0.3, 0.4) is 0 Å². The van der Waals surface area contributed by atoms with Crippen molar-refractivity contribution in [3.63, 3.8) is 0 Å². The molecule has 0 radical (unpaired) electrons. The molecule has 2 N–H and O–H groups in total. The van der Waals surface area contributed by atoms with Gasteiger partial charge in [0.1, 0.15) is 5.75 Å². The summed E-state index contributed by atoms with van der Waals surface area (Å²) in [6.45, 7) is -0.0348. The molecule has 0 bridgehead atoms. The number of methoxy groups -OCH3 is 1. The summed E-state index contributed by atoms with van der Waals surface area (Å²) in [5.74, 6) is -0.768. The third-order valence-electron chi connectivity index (χ3n) is 3.07. The van der Waals surface area contributed by atoms with E-state index in [2.05, 4.69) is 5.32 Å². The fourth-order valence-corrected chi connectivity index (χ4v) is 2.20. The average Bonchev–Trinajstić information content (AvgIpc) is 2.52. The normalized spacial score (nSPS) is 10.1. The fraction of sp³-hybridized carbons (Fsp3) is 0.125. The highest BCUT2D eigenvalue weighted by Crippen LogP contribution is 2.25. The van der Waals surface area contributed by atoms with Gasteiger partial charge in [0.2, 0.25) is 0 Å². The van der Waals surface area contributed by atoms with Gasteiger partial charge >= 0.3 is 5.97 Å². The van der Waals surface area contributed by atoms with Gasteiger partial charge in [-0.2, -0.15) is 0 Å². The molecule has 0 saturated heterocycles. The van der Waals surface area contributed by atoms with Crippen molar-refractivity contribution in [3.8, 4) is 5.75 Å². The largest absolute Gasteiger partial charge is 0.495 e. The van der Waals surface area contributed by atoms with Crippen LogP contribution in [0.4, 0.5) is 5.69 Å². The summed E-state index contributed by atoms with van der Waals surface area (Å²) in [5.41, 5.74) is 0.928. The second-order valence-electron chi connectivity index (χ2n) is 4.48. The molecule has 6 heteroatoms. The zero-order valence-corrected chi connectivity index (χ0v) is 12.6. The van der Waals surface area contributed by atoms with Gasteiger partial charge in [0.25, 0.3) is 0 Å². The SMILES string of the molecule is COc1ccc(C(=O)CNc2ccccc2C(=O)O)cc1Cl. The van der Waals surface area contributed by atoms with Crippen LogP contribution >= 0.6 is 11.6 Å². The molecule has 0 unspecified atom stereocenters. The van der Waals surface area contributed by atoms with E-state index in [1.807, 2.05) is 0 Å². The van der Waals surface area contributed by atoms with E-state index < -0.39 is 5.97 Å². The van der Waals surface area contributed by atoms with Gasteiger partial charge in [0, 0.05) is 11.3 Å². The first kappa shape index (κ1) is 15.9. The summed E-state index contributed by atoms with van der Waals surface area (Å²) < 4.78 is 5.03. The number of halogens is 1. The molecule has 5 nitrogen and oxygen atoms in total. The molecule has 22 heavy (non-hydrogen) atoms. The van der Waals surface area contributed by atoms with Crippen molar-refractivity contribution in [2.45, 2.75) is 0 Å². The van der Waals surface area contributed by atoms with Gasteiger partial charge in [0.15, 0.2) is 5.78 Å². The summed E-state index contributed by atoms with van der Waals surface area (Å²) in [7, 11) is 1.49. The maximum atomic E-state index is 12.1. The summed E-state index contributed by atoms with van der Waals surface area (Å²) >= 11 is 5.98. The van der Waals surface area contributed by atoms with Crippen LogP contribution in [0.5, 0.6) is 5.75 Å². The van der Waals surface area contributed by atoms with Crippen molar-refractivity contribution in [1.29, 1.82) is 0 Å². The van der Waals surface area contributed by atoms with Gasteiger partial charge in [0.05, 0.1) is 24.2 Å². The Morgan fingerprint density at radius 3 is 2.59 bits per heavy atom. The molecule has 0 aliphatic carbocycles. The van der Waals surface area contributed by atoms with Gasteiger partial charge in [-0.15, -0.1) is 0 Å². The van der Waals surface area contributed by atoms with Crippen molar-refractivity contribution < 1.29 is 19.4 Å². The number of anilines is 1. The maximum Gasteiger partial charge on any atom is 0.337 e. The van der Waals surface area contributed by atoms with Crippen molar-refractivity contribution >= 4 is 29.0 Å². The van der Waals surface area contributed by atoms with Crippen LogP contribution in [0.15, 0.2) is 42.5 Å². The Morgan fingerprint density at radius 2 is 1.95 bits per heavy atom. The smallest absolute Gasteiger partial charge is 0.337 e. The zero-order valence-electron chi connectivity index (χ0n) is 11.8. The molecular weight excluding hydrogens is 306 g/mol. The number of benzene rings is 2. The number of hydrogen-bond acceptors (Lipinski definition) is 4. The van der Waals surface area contributed by atoms with Crippen LogP contribution in [0.25, 0.3) is 0 Å². The Kier molecular flexibility index (Phi) is 5.01. The number of nitrogens with one attached hydrogen (secondary N) is 1. The summed E-state index contributed by atoms with van der Waals surface area (Å²) in [5, 5.41) is 12.3. The molecule has 0 saturated carbocycles. The molecule has 2 rings (SSSR count). The lowest BCUT2D eigenvalue weighted by Gasteiger charge is -2.09. The van der Waals surface area contributed by atoms with Gasteiger partial charge in [-0.25, -0.2) is 4.79 Å². The van der Waals surface area contributed by atoms with E-state index in [-0.39, 0.29) is 17.9 Å². The Balaban J connectivity index is 2.10. The van der Waals surface area contributed by atoms with Gasteiger partial charge < -0.3 is 15.2 Å². The maximum absolute atomic E-state index is 12.1. The first-order chi connectivity index (χ1) is 10.5. The minimum Gasteiger partial charge on any atom is -0.495 e. The van der Waals surface area contributed by atoms with E-state index in [0.29, 0.717) is 22.0 Å². The standard InChI is InChI=1S/C16H14ClNO4/c1-22-15-7-6-10(8-12(15)17)14(19)9-18-13-5-3-2-4-11(13)16(20)21/h2-8,18H,9H2,1H3,(H,20,21). The molecule has 0 spiro atoms. The number of rotatable bonds is 6. The molecule has 0 aliphatic heterocycles. The van der Waals surface area contributed by atoms with Crippen LogP contribution < -0.4 is 10.1 Å². The molecule has 2 aromatic rings. The van der Waals surface area contributed by atoms with E-state index in [1.165, 1.54) is 19.2 Å². The highest BCUT2D eigenvalue weighted by molar-refractivity contribution is 6.32. The van der Waals surface area contributed by atoms with E-state index in [9.17, 15) is 9.59 Å². The zero-order chi connectivity index (χ0) is 16.1. The number of ketones is 1. The van der Waals surface area contributed by atoms with Crippen molar-refractivity contribution in [3.05, 3.63) is 58.6 Å². The first-order valence-electron chi connectivity index (χ1n) is 6.46. The number of carboxylic acids is 1. The minimum atomic E-state index is -1.05. The quantitative estimate of drug-likeness (QED) is 0.799. The Bertz CT molecular complexity index is 715. The van der Waals surface area contributed by atoms with Crippen LogP contribution in [0.2, 0.25) is 5.02 Å². The monoisotopic (exact) mass is 319 g/mol. The van der Waals surface area contributed by atoms with Crippen LogP contribution in [-0.4, -0.2) is 30.5 Å². The molecule has 0 heterocycles. The fourth-order valence-electron chi connectivity index (χ4n) is 1.94. The number of carbonyl (C=O) groups is 2. The minimum absolute atomic E-state index is 0.0348. The van der Waals surface area contributed by atoms with Crippen molar-refractivity contribution in [2.75, 3.05) is 19.0 Å². The molecule has 0 atom stereocenters. The highest BCUT2D eigenvalue weighted by Gasteiger charge is 2.12. The first-order valence-corrected chi connectivity index (χ1v) is 6.83. The van der Waals surface area contributed by atoms with E-state index in [4.69, 9.17) is 21.4 Å². The van der Waals surface area contributed by atoms with Crippen LogP contribution in [-0.2, 0) is 0 Å². The van der Waals surface area contributed by atoms with E-state index >= 15 is 0 Å². The number of ether oxygens (including phenoxy) is 1. The second kappa shape index (κ2) is 6.95. The third-order valence-corrected chi connectivity index (χ3v) is 3.37. The van der Waals surface area contributed by atoms with Crippen molar-refractivity contribution in [1.82, 2.24) is 0 Å². The lowest BCUT2D eigenvalue weighted by molar-refractivity contribution is 0.0697. The molecular formula is C16H14ClNO4. The predicted octanol–water partition coefficient (Wildman–Crippen LogP) is 3.34. The highest BCUT2D eigenvalue weighted by atomic mass is 35.5. The van der Waals surface area contributed by atoms with Gasteiger partial charge in [-0.05, 0) is 30.3 Å². The summed E-state index contributed by atoms with van der Waals surface area (Å²) in [4.78, 5) is 23.2. The molecule has 2 aromatic carbocycles. The summed E-state index contributed by atoms with van der Waals surface area (Å²) in [6.07, 6.45) is 0. The number of para-hydroxylation sites is 1. The number of carboxylic acid groups (broad SMARTS) is 1. The predicted molar refractivity (Wildman–Crippen MR) is 84.2 cm³/mol. The number of hydrogen-bond donors (Lipinski definition) is 2. The molecule has 0 amide bonds. The number of carbonyl (C=O) groups excluding carboxylic acids is 1. The third kappa shape index (κ3) is 3.56. The number of aromatic carboxylic acids is 1. The van der Waals surface area contributed by atoms with Crippen LogP contribution in [0, 0.1) is 0 Å². The molecule has 0 aliphatic rings. The Morgan fingerprint density at radius 1 is 1.23 bits per heavy atom. The average molecular weight is 320 g/mol. The summed E-state index contributed by atoms with van der Waals surface area (Å²) in [6, 6.07) is 11.1. The van der Waals surface area contributed by atoms with Crippen LogP contribution in [0.1, 0.15) is 20.7 Å². The lowest BCUT2D eigenvalue weighted by Crippen LogP contribution is -2.16. The topological polar surface area (TPSA) is 75.6 Å². The van der Waals surface area contributed by atoms with Gasteiger partial charge in [-0.1, -0.05) is 23.7 Å². The van der Waals surface area contributed by atoms with E-state index in [0.717, 1.165) is 0 Å². The Labute approximate surface area is 132 Å².